The van der Waals surface area contributed by atoms with Crippen molar-refractivity contribution in [1.29, 1.82) is 0 Å². The summed E-state index contributed by atoms with van der Waals surface area (Å²) < 4.78 is 12.7. The van der Waals surface area contributed by atoms with Gasteiger partial charge in [-0.05, 0) is 24.6 Å². The van der Waals surface area contributed by atoms with Crippen LogP contribution >= 0.6 is 0 Å². The third kappa shape index (κ3) is 3.34. The molecule has 0 saturated heterocycles. The number of rotatable bonds is 5. The number of carbonyl (C=O) groups is 1. The number of benzene rings is 1. The fraction of sp³-hybridized carbons (Fsp3) is 0.471. The van der Waals surface area contributed by atoms with Gasteiger partial charge in [0.1, 0.15) is 31.9 Å². The van der Waals surface area contributed by atoms with Crippen molar-refractivity contribution < 1.29 is 14.3 Å². The highest BCUT2D eigenvalue weighted by Crippen LogP contribution is 2.34. The van der Waals surface area contributed by atoms with Crippen molar-refractivity contribution >= 4 is 5.91 Å². The maximum Gasteiger partial charge on any atom is 0.244 e. The second-order valence-corrected chi connectivity index (χ2v) is 6.51. The van der Waals surface area contributed by atoms with Crippen LogP contribution in [0.1, 0.15) is 32.4 Å². The lowest BCUT2D eigenvalue weighted by Gasteiger charge is -2.28. The molecule has 7 nitrogen and oxygen atoms in total. The second kappa shape index (κ2) is 6.51. The lowest BCUT2D eigenvalue weighted by Crippen LogP contribution is -2.39. The molecule has 1 atom stereocenters. The number of hydrogen-bond donors (Lipinski definition) is 1. The molecule has 0 fully saturated rings. The Labute approximate surface area is 141 Å². The van der Waals surface area contributed by atoms with Crippen molar-refractivity contribution in [3.05, 3.63) is 36.4 Å². The Kier molecular flexibility index (Phi) is 4.42. The van der Waals surface area contributed by atoms with Crippen molar-refractivity contribution in [3.8, 4) is 11.5 Å². The summed E-state index contributed by atoms with van der Waals surface area (Å²) in [6, 6.07) is 5.52. The molecule has 0 bridgehead atoms. The lowest BCUT2D eigenvalue weighted by atomic mass is 9.84. The average Bonchev–Trinajstić information content (AvgIpc) is 3.13. The molecule has 1 aromatic carbocycles. The van der Waals surface area contributed by atoms with Crippen LogP contribution in [-0.4, -0.2) is 40.4 Å². The first-order valence-corrected chi connectivity index (χ1v) is 7.99. The van der Waals surface area contributed by atoms with Crippen molar-refractivity contribution in [3.63, 3.8) is 0 Å². The van der Waals surface area contributed by atoms with E-state index in [-0.39, 0.29) is 11.3 Å². The quantitative estimate of drug-likeness (QED) is 0.903. The molecule has 2 aromatic rings. The van der Waals surface area contributed by atoms with E-state index in [2.05, 4.69) is 29.2 Å². The molecule has 0 saturated carbocycles. The molecular weight excluding hydrogens is 308 g/mol. The van der Waals surface area contributed by atoms with Crippen molar-refractivity contribution in [1.82, 2.24) is 20.1 Å². The summed E-state index contributed by atoms with van der Waals surface area (Å²) in [5.74, 6) is 1.44. The predicted molar refractivity (Wildman–Crippen MR) is 88.2 cm³/mol. The highest BCUT2D eigenvalue weighted by atomic mass is 16.6. The Hall–Kier alpha value is -2.57. The van der Waals surface area contributed by atoms with Crippen LogP contribution in [-0.2, 0) is 10.2 Å². The highest BCUT2D eigenvalue weighted by molar-refractivity contribution is 5.79. The van der Waals surface area contributed by atoms with Crippen molar-refractivity contribution in [2.75, 3.05) is 19.8 Å². The first-order chi connectivity index (χ1) is 11.5. The van der Waals surface area contributed by atoms with E-state index < -0.39 is 6.04 Å². The third-order valence-electron chi connectivity index (χ3n) is 4.24. The van der Waals surface area contributed by atoms with Gasteiger partial charge in [-0.25, -0.2) is 9.67 Å². The maximum atomic E-state index is 12.3. The number of carbonyl (C=O) groups excluding carboxylic acids is 1. The van der Waals surface area contributed by atoms with E-state index in [1.165, 1.54) is 17.3 Å². The molecule has 3 rings (SSSR count). The largest absolute Gasteiger partial charge is 0.486 e. The number of aromatic nitrogens is 3. The molecule has 1 aromatic heterocycles. The van der Waals surface area contributed by atoms with Crippen LogP contribution in [0.3, 0.4) is 0 Å². The fourth-order valence-corrected chi connectivity index (χ4v) is 2.56. The molecule has 0 radical (unpaired) electrons. The van der Waals surface area contributed by atoms with Gasteiger partial charge in [0.15, 0.2) is 11.5 Å². The van der Waals surface area contributed by atoms with Crippen LogP contribution in [0.15, 0.2) is 30.9 Å². The Morgan fingerprint density at radius 1 is 1.33 bits per heavy atom. The molecule has 1 amide bonds. The second-order valence-electron chi connectivity index (χ2n) is 6.51. The van der Waals surface area contributed by atoms with Crippen molar-refractivity contribution in [2.24, 2.45) is 0 Å². The fourth-order valence-electron chi connectivity index (χ4n) is 2.56. The van der Waals surface area contributed by atoms with Gasteiger partial charge in [-0.15, -0.1) is 0 Å². The van der Waals surface area contributed by atoms with E-state index in [1.807, 2.05) is 18.2 Å². The first-order valence-electron chi connectivity index (χ1n) is 7.99. The Balaban J connectivity index is 1.66. The molecule has 0 spiro atoms. The third-order valence-corrected chi connectivity index (χ3v) is 4.24. The first kappa shape index (κ1) is 16.3. The molecular formula is C17H22N4O3. The zero-order valence-corrected chi connectivity index (χ0v) is 14.2. The normalized spacial score (nSPS) is 15.0. The summed E-state index contributed by atoms with van der Waals surface area (Å²) in [7, 11) is 0. The van der Waals surface area contributed by atoms with Crippen LogP contribution < -0.4 is 14.8 Å². The van der Waals surface area contributed by atoms with Crippen molar-refractivity contribution in [2.45, 2.75) is 32.2 Å². The summed E-state index contributed by atoms with van der Waals surface area (Å²) >= 11 is 0. The molecule has 1 aliphatic rings. The molecule has 2 heterocycles. The van der Waals surface area contributed by atoms with Gasteiger partial charge >= 0.3 is 0 Å². The molecule has 1 unspecified atom stereocenters. The van der Waals surface area contributed by atoms with E-state index in [0.29, 0.717) is 19.8 Å². The van der Waals surface area contributed by atoms with Crippen LogP contribution in [0.5, 0.6) is 11.5 Å². The SMILES string of the molecule is CC(C(=O)NCC(C)(C)c1ccc2c(c1)OCCO2)n1cncn1. The molecule has 24 heavy (non-hydrogen) atoms. The minimum absolute atomic E-state index is 0.0916. The monoisotopic (exact) mass is 330 g/mol. The van der Waals surface area contributed by atoms with Gasteiger partial charge in [0, 0.05) is 12.0 Å². The van der Waals surface area contributed by atoms with E-state index in [1.54, 1.807) is 6.92 Å². The van der Waals surface area contributed by atoms with Crippen LogP contribution in [0.2, 0.25) is 0 Å². The summed E-state index contributed by atoms with van der Waals surface area (Å²) in [5.41, 5.74) is 0.841. The van der Waals surface area contributed by atoms with Gasteiger partial charge in [-0.3, -0.25) is 4.79 Å². The summed E-state index contributed by atoms with van der Waals surface area (Å²) in [4.78, 5) is 16.2. The maximum absolute atomic E-state index is 12.3. The number of hydrogen-bond acceptors (Lipinski definition) is 5. The predicted octanol–water partition coefficient (Wildman–Crippen LogP) is 1.70. The zero-order chi connectivity index (χ0) is 17.2. The molecule has 1 aliphatic heterocycles. The van der Waals surface area contributed by atoms with Gasteiger partial charge < -0.3 is 14.8 Å². The van der Waals surface area contributed by atoms with Crippen LogP contribution in [0.25, 0.3) is 0 Å². The minimum Gasteiger partial charge on any atom is -0.486 e. The average molecular weight is 330 g/mol. The number of nitrogens with one attached hydrogen (secondary N) is 1. The Bertz CT molecular complexity index is 713. The standard InChI is InChI=1S/C17H22N4O3/c1-12(21-11-18-10-20-21)16(22)19-9-17(2,3)13-4-5-14-15(8-13)24-7-6-23-14/h4-5,8,10-12H,6-7,9H2,1-3H3,(H,19,22). The zero-order valence-electron chi connectivity index (χ0n) is 14.2. The van der Waals surface area contributed by atoms with E-state index in [4.69, 9.17) is 9.47 Å². The van der Waals surface area contributed by atoms with Gasteiger partial charge in [0.2, 0.25) is 5.91 Å². The summed E-state index contributed by atoms with van der Waals surface area (Å²) in [6.45, 7) is 7.60. The number of ether oxygens (including phenoxy) is 2. The number of amides is 1. The highest BCUT2D eigenvalue weighted by Gasteiger charge is 2.25. The minimum atomic E-state index is -0.399. The van der Waals surface area contributed by atoms with Crippen LogP contribution in [0, 0.1) is 0 Å². The number of fused-ring (bicyclic) bond motifs is 1. The van der Waals surface area contributed by atoms with Gasteiger partial charge in [0.05, 0.1) is 0 Å². The molecule has 7 heteroatoms. The smallest absolute Gasteiger partial charge is 0.244 e. The van der Waals surface area contributed by atoms with Gasteiger partial charge in [0.25, 0.3) is 0 Å². The summed E-state index contributed by atoms with van der Waals surface area (Å²) in [6.07, 6.45) is 2.96. The molecule has 0 aliphatic carbocycles. The van der Waals surface area contributed by atoms with Gasteiger partial charge in [-0.2, -0.15) is 5.10 Å². The molecule has 1 N–H and O–H groups in total. The lowest BCUT2D eigenvalue weighted by molar-refractivity contribution is -0.124. The van der Waals surface area contributed by atoms with E-state index >= 15 is 0 Å². The van der Waals surface area contributed by atoms with Gasteiger partial charge in [-0.1, -0.05) is 19.9 Å². The number of nitrogens with zero attached hydrogens (tertiary/aromatic N) is 3. The summed E-state index contributed by atoms with van der Waals surface area (Å²) in [5, 5.41) is 6.99. The van der Waals surface area contributed by atoms with E-state index in [9.17, 15) is 4.79 Å². The molecule has 128 valence electrons. The van der Waals surface area contributed by atoms with E-state index in [0.717, 1.165) is 17.1 Å². The topological polar surface area (TPSA) is 78.3 Å². The Morgan fingerprint density at radius 2 is 2.08 bits per heavy atom. The Morgan fingerprint density at radius 3 is 2.79 bits per heavy atom. The van der Waals surface area contributed by atoms with Crippen LogP contribution in [0.4, 0.5) is 0 Å².